The first-order valence-electron chi connectivity index (χ1n) is 4.55. The average molecular weight is 190 g/mol. The second-order valence-corrected chi connectivity index (χ2v) is 3.46. The fourth-order valence-corrected chi connectivity index (χ4v) is 1.38. The van der Waals surface area contributed by atoms with Crippen LogP contribution in [-0.2, 0) is 0 Å². The van der Waals surface area contributed by atoms with Crippen LogP contribution in [0, 0.1) is 0 Å². The lowest BCUT2D eigenvalue weighted by Gasteiger charge is -2.02. The monoisotopic (exact) mass is 190 g/mol. The van der Waals surface area contributed by atoms with E-state index in [0.717, 1.165) is 11.3 Å². The number of aromatic nitrogens is 4. The molecule has 0 aromatic carbocycles. The van der Waals surface area contributed by atoms with E-state index in [0.29, 0.717) is 17.6 Å². The molecule has 1 aliphatic rings. The van der Waals surface area contributed by atoms with Crippen LogP contribution in [0.5, 0.6) is 0 Å². The highest BCUT2D eigenvalue weighted by molar-refractivity contribution is 5.84. The minimum absolute atomic E-state index is 0.374. The summed E-state index contributed by atoms with van der Waals surface area (Å²) in [4.78, 5) is 15.1. The van der Waals surface area contributed by atoms with Crippen molar-refractivity contribution in [3.8, 4) is 0 Å². The van der Waals surface area contributed by atoms with Crippen LogP contribution in [0.1, 0.15) is 12.8 Å². The van der Waals surface area contributed by atoms with Crippen molar-refractivity contribution in [3.63, 3.8) is 0 Å². The van der Waals surface area contributed by atoms with E-state index in [2.05, 4.69) is 25.3 Å². The fraction of sp³-hybridized carbons (Fsp3) is 0.375. The van der Waals surface area contributed by atoms with E-state index in [1.807, 2.05) is 0 Å². The number of H-pyrrole nitrogens is 1. The Bertz CT molecular complexity index is 472. The predicted octanol–water partition coefficient (Wildman–Crippen LogP) is 0.509. The molecule has 1 aliphatic carbocycles. The van der Waals surface area contributed by atoms with Crippen LogP contribution < -0.4 is 11.1 Å². The molecule has 2 aromatic rings. The normalized spacial score (nSPS) is 16.0. The Labute approximate surface area is 80.0 Å². The lowest BCUT2D eigenvalue weighted by molar-refractivity contribution is 1.10. The Hall–Kier alpha value is -1.85. The summed E-state index contributed by atoms with van der Waals surface area (Å²) >= 11 is 0. The van der Waals surface area contributed by atoms with Crippen LogP contribution in [0.15, 0.2) is 6.33 Å². The zero-order valence-corrected chi connectivity index (χ0v) is 7.49. The van der Waals surface area contributed by atoms with Crippen molar-refractivity contribution in [2.45, 2.75) is 18.9 Å². The van der Waals surface area contributed by atoms with Gasteiger partial charge in [-0.2, -0.15) is 4.98 Å². The maximum atomic E-state index is 5.54. The molecule has 6 heteroatoms. The average Bonchev–Trinajstić information content (AvgIpc) is 2.87. The number of imidazole rings is 1. The Balaban J connectivity index is 2.11. The van der Waals surface area contributed by atoms with E-state index >= 15 is 0 Å². The molecular weight excluding hydrogens is 180 g/mol. The summed E-state index contributed by atoms with van der Waals surface area (Å²) in [5.41, 5.74) is 6.94. The lowest BCUT2D eigenvalue weighted by atomic mass is 10.5. The van der Waals surface area contributed by atoms with Crippen LogP contribution in [0.3, 0.4) is 0 Å². The number of anilines is 2. The molecule has 0 saturated heterocycles. The second kappa shape index (κ2) is 2.57. The number of hydrogen-bond donors (Lipinski definition) is 3. The van der Waals surface area contributed by atoms with Crippen LogP contribution >= 0.6 is 0 Å². The lowest BCUT2D eigenvalue weighted by Crippen LogP contribution is -2.03. The smallest absolute Gasteiger partial charge is 0.200 e. The van der Waals surface area contributed by atoms with Crippen LogP contribution in [0.4, 0.5) is 11.8 Å². The van der Waals surface area contributed by atoms with Gasteiger partial charge in [0.15, 0.2) is 17.4 Å². The molecule has 6 nitrogen and oxygen atoms in total. The minimum Gasteiger partial charge on any atom is -0.369 e. The van der Waals surface area contributed by atoms with Crippen molar-refractivity contribution in [1.29, 1.82) is 0 Å². The van der Waals surface area contributed by atoms with Crippen LogP contribution in [-0.4, -0.2) is 26.0 Å². The highest BCUT2D eigenvalue weighted by Gasteiger charge is 2.22. The van der Waals surface area contributed by atoms with Gasteiger partial charge in [-0.05, 0) is 12.8 Å². The Morgan fingerprint density at radius 1 is 1.43 bits per heavy atom. The van der Waals surface area contributed by atoms with Gasteiger partial charge in [-0.3, -0.25) is 0 Å². The Morgan fingerprint density at radius 3 is 3.07 bits per heavy atom. The summed E-state index contributed by atoms with van der Waals surface area (Å²) < 4.78 is 0. The van der Waals surface area contributed by atoms with Gasteiger partial charge in [0, 0.05) is 6.04 Å². The SMILES string of the molecule is Nc1nc2ncnc(NC3CC3)c2[nH]1. The first kappa shape index (κ1) is 7.54. The second-order valence-electron chi connectivity index (χ2n) is 3.46. The van der Waals surface area contributed by atoms with Gasteiger partial charge in [0.1, 0.15) is 11.8 Å². The molecule has 4 N–H and O–H groups in total. The largest absolute Gasteiger partial charge is 0.369 e. The zero-order valence-electron chi connectivity index (χ0n) is 7.49. The number of nitrogens with zero attached hydrogens (tertiary/aromatic N) is 3. The standard InChI is InChI=1S/C8H10N6/c9-8-13-5-6(12-4-1-2-4)10-3-11-7(5)14-8/h3-4H,1-2H2,(H4,9,10,11,12,13,14). The van der Waals surface area contributed by atoms with E-state index in [4.69, 9.17) is 5.73 Å². The summed E-state index contributed by atoms with van der Waals surface area (Å²) in [6, 6.07) is 0.553. The summed E-state index contributed by atoms with van der Waals surface area (Å²) in [7, 11) is 0. The van der Waals surface area contributed by atoms with Crippen molar-refractivity contribution in [3.05, 3.63) is 6.33 Å². The van der Waals surface area contributed by atoms with Gasteiger partial charge in [0.05, 0.1) is 0 Å². The van der Waals surface area contributed by atoms with Gasteiger partial charge in [0.2, 0.25) is 0 Å². The molecule has 0 aliphatic heterocycles. The summed E-state index contributed by atoms with van der Waals surface area (Å²) in [6.45, 7) is 0. The minimum atomic E-state index is 0.374. The summed E-state index contributed by atoms with van der Waals surface area (Å²) in [5.74, 6) is 1.17. The number of aromatic amines is 1. The number of fused-ring (bicyclic) bond motifs is 1. The van der Waals surface area contributed by atoms with Gasteiger partial charge in [-0.15, -0.1) is 0 Å². The maximum absolute atomic E-state index is 5.54. The highest BCUT2D eigenvalue weighted by atomic mass is 15.1. The molecule has 0 unspecified atom stereocenters. The van der Waals surface area contributed by atoms with E-state index in [9.17, 15) is 0 Å². The molecular formula is C8H10N6. The van der Waals surface area contributed by atoms with Gasteiger partial charge in [-0.25, -0.2) is 9.97 Å². The van der Waals surface area contributed by atoms with Gasteiger partial charge in [0.25, 0.3) is 0 Å². The first-order chi connectivity index (χ1) is 6.83. The highest BCUT2D eigenvalue weighted by Crippen LogP contribution is 2.26. The summed E-state index contributed by atoms with van der Waals surface area (Å²) in [6.07, 6.45) is 3.90. The van der Waals surface area contributed by atoms with Crippen molar-refractivity contribution >= 4 is 22.9 Å². The predicted molar refractivity (Wildman–Crippen MR) is 52.7 cm³/mol. The zero-order chi connectivity index (χ0) is 9.54. The number of hydrogen-bond acceptors (Lipinski definition) is 5. The molecule has 0 amide bonds. The maximum Gasteiger partial charge on any atom is 0.200 e. The molecule has 72 valence electrons. The van der Waals surface area contributed by atoms with Gasteiger partial charge >= 0.3 is 0 Å². The molecule has 0 atom stereocenters. The van der Waals surface area contributed by atoms with E-state index in [-0.39, 0.29) is 0 Å². The third-order valence-corrected chi connectivity index (χ3v) is 2.22. The third-order valence-electron chi connectivity index (χ3n) is 2.22. The number of nitrogens with two attached hydrogens (primary N) is 1. The van der Waals surface area contributed by atoms with Crippen molar-refractivity contribution in [2.75, 3.05) is 11.1 Å². The molecule has 0 spiro atoms. The van der Waals surface area contributed by atoms with Crippen LogP contribution in [0.25, 0.3) is 11.2 Å². The number of nitrogen functional groups attached to an aromatic ring is 1. The molecule has 0 bridgehead atoms. The molecule has 0 radical (unpaired) electrons. The number of nitrogens with one attached hydrogen (secondary N) is 2. The molecule has 3 rings (SSSR count). The molecule has 2 heterocycles. The molecule has 2 aromatic heterocycles. The quantitative estimate of drug-likeness (QED) is 0.641. The third kappa shape index (κ3) is 1.15. The Morgan fingerprint density at radius 2 is 2.29 bits per heavy atom. The molecule has 1 fully saturated rings. The van der Waals surface area contributed by atoms with Gasteiger partial charge in [-0.1, -0.05) is 0 Å². The van der Waals surface area contributed by atoms with Gasteiger partial charge < -0.3 is 16.0 Å². The fourth-order valence-electron chi connectivity index (χ4n) is 1.38. The van der Waals surface area contributed by atoms with Crippen molar-refractivity contribution < 1.29 is 0 Å². The Kier molecular flexibility index (Phi) is 1.38. The van der Waals surface area contributed by atoms with Crippen molar-refractivity contribution in [2.24, 2.45) is 0 Å². The topological polar surface area (TPSA) is 92.5 Å². The summed E-state index contributed by atoms with van der Waals surface area (Å²) in [5, 5.41) is 3.29. The molecule has 14 heavy (non-hydrogen) atoms. The van der Waals surface area contributed by atoms with E-state index in [1.165, 1.54) is 19.2 Å². The van der Waals surface area contributed by atoms with E-state index in [1.54, 1.807) is 0 Å². The van der Waals surface area contributed by atoms with Crippen molar-refractivity contribution in [1.82, 2.24) is 19.9 Å². The molecule has 1 saturated carbocycles. The first-order valence-corrected chi connectivity index (χ1v) is 4.55. The van der Waals surface area contributed by atoms with Crippen LogP contribution in [0.2, 0.25) is 0 Å². The number of rotatable bonds is 2. The van der Waals surface area contributed by atoms with E-state index < -0.39 is 0 Å².